The Kier molecular flexibility index (Phi) is 8.52. The van der Waals surface area contributed by atoms with Crippen LogP contribution in [0.5, 0.6) is 0 Å². The van der Waals surface area contributed by atoms with Crippen LogP contribution in [-0.2, 0) is 26.7 Å². The molecule has 2 rings (SSSR count). The highest BCUT2D eigenvalue weighted by atomic mass is 35.5. The van der Waals surface area contributed by atoms with Gasteiger partial charge in [-0.1, -0.05) is 18.2 Å². The molecule has 0 saturated carbocycles. The van der Waals surface area contributed by atoms with Crippen molar-refractivity contribution in [1.82, 2.24) is 9.62 Å². The minimum absolute atomic E-state index is 0. The minimum atomic E-state index is -4.61. The summed E-state index contributed by atoms with van der Waals surface area (Å²) in [5.41, 5.74) is -1.22. The lowest BCUT2D eigenvalue weighted by Gasteiger charge is -2.32. The van der Waals surface area contributed by atoms with E-state index in [0.29, 0.717) is 13.0 Å². The van der Waals surface area contributed by atoms with E-state index in [4.69, 9.17) is 5.11 Å². The van der Waals surface area contributed by atoms with Crippen LogP contribution in [0.2, 0.25) is 0 Å². The van der Waals surface area contributed by atoms with Crippen molar-refractivity contribution in [2.75, 3.05) is 26.2 Å². The molecule has 2 N–H and O–H groups in total. The second kappa shape index (κ2) is 9.72. The van der Waals surface area contributed by atoms with Crippen LogP contribution in [0, 0.1) is 5.92 Å². The Labute approximate surface area is 162 Å². The normalized spacial score (nSPS) is 18.7. The number of sulfonamides is 1. The fraction of sp³-hybridized carbons (Fsp3) is 0.562. The van der Waals surface area contributed by atoms with Gasteiger partial charge in [0.05, 0.1) is 17.9 Å². The quantitative estimate of drug-likeness (QED) is 0.693. The smallest absolute Gasteiger partial charge is 0.416 e. The first-order valence-corrected chi connectivity index (χ1v) is 9.76. The molecule has 1 aromatic carbocycles. The van der Waals surface area contributed by atoms with Gasteiger partial charge in [-0.15, -0.1) is 12.4 Å². The van der Waals surface area contributed by atoms with Crippen LogP contribution in [0.15, 0.2) is 24.3 Å². The van der Waals surface area contributed by atoms with Crippen molar-refractivity contribution in [3.05, 3.63) is 35.4 Å². The van der Waals surface area contributed by atoms with E-state index < -0.39 is 33.5 Å². The lowest BCUT2D eigenvalue weighted by molar-refractivity contribution is -0.138. The van der Waals surface area contributed by atoms with E-state index in [1.807, 2.05) is 0 Å². The molecule has 1 saturated heterocycles. The Morgan fingerprint density at radius 3 is 2.59 bits per heavy atom. The number of nitrogens with zero attached hydrogens (tertiary/aromatic N) is 1. The molecule has 0 aromatic heterocycles. The van der Waals surface area contributed by atoms with E-state index in [1.54, 1.807) is 0 Å². The Bertz CT molecular complexity index is 743. The fourth-order valence-corrected chi connectivity index (χ4v) is 4.71. The number of hydrogen-bond donors (Lipinski definition) is 2. The first-order valence-electron chi connectivity index (χ1n) is 8.15. The predicted octanol–water partition coefficient (Wildman–Crippen LogP) is 2.34. The Balaban J connectivity index is 0.00000364. The SMILES string of the molecule is Cl.O=C(O)CNCC1CCCN(S(=O)(=O)Cc2ccccc2C(F)(F)F)C1. The molecule has 1 aliphatic rings. The molecule has 0 spiro atoms. The van der Waals surface area contributed by atoms with E-state index in [-0.39, 0.29) is 43.5 Å². The van der Waals surface area contributed by atoms with Gasteiger partial charge in [0.1, 0.15) is 0 Å². The van der Waals surface area contributed by atoms with E-state index in [1.165, 1.54) is 22.5 Å². The molecule has 0 bridgehead atoms. The van der Waals surface area contributed by atoms with Gasteiger partial charge in [-0.3, -0.25) is 4.79 Å². The number of halogens is 4. The van der Waals surface area contributed by atoms with Crippen LogP contribution in [0.1, 0.15) is 24.0 Å². The van der Waals surface area contributed by atoms with E-state index in [0.717, 1.165) is 12.5 Å². The first kappa shape index (κ1) is 23.7. The molecule has 1 aliphatic heterocycles. The number of nitrogens with one attached hydrogen (secondary N) is 1. The van der Waals surface area contributed by atoms with Gasteiger partial charge in [-0.25, -0.2) is 12.7 Å². The number of hydrogen-bond acceptors (Lipinski definition) is 4. The largest absolute Gasteiger partial charge is 0.480 e. The number of carboxylic acids is 1. The number of carbonyl (C=O) groups is 1. The van der Waals surface area contributed by atoms with Crippen molar-refractivity contribution in [3.63, 3.8) is 0 Å². The summed E-state index contributed by atoms with van der Waals surface area (Å²) in [6, 6.07) is 4.66. The molecule has 11 heteroatoms. The van der Waals surface area contributed by atoms with Gasteiger partial charge in [0.2, 0.25) is 10.0 Å². The number of benzene rings is 1. The lowest BCUT2D eigenvalue weighted by atomic mass is 10.00. The zero-order valence-electron chi connectivity index (χ0n) is 14.4. The second-order valence-electron chi connectivity index (χ2n) is 6.30. The summed E-state index contributed by atoms with van der Waals surface area (Å²) in [5, 5.41) is 11.4. The van der Waals surface area contributed by atoms with Gasteiger partial charge in [-0.05, 0) is 36.9 Å². The molecule has 1 fully saturated rings. The molecular weight excluding hydrogens is 409 g/mol. The summed E-state index contributed by atoms with van der Waals surface area (Å²) in [4.78, 5) is 10.5. The average molecular weight is 431 g/mol. The number of aliphatic carboxylic acids is 1. The molecule has 6 nitrogen and oxygen atoms in total. The topological polar surface area (TPSA) is 86.7 Å². The van der Waals surface area contributed by atoms with Gasteiger partial charge in [0.25, 0.3) is 0 Å². The van der Waals surface area contributed by atoms with E-state index >= 15 is 0 Å². The highest BCUT2D eigenvalue weighted by Gasteiger charge is 2.36. The van der Waals surface area contributed by atoms with Crippen LogP contribution >= 0.6 is 12.4 Å². The van der Waals surface area contributed by atoms with Crippen molar-refractivity contribution in [1.29, 1.82) is 0 Å². The summed E-state index contributed by atoms with van der Waals surface area (Å²) in [6.07, 6.45) is -3.30. The molecule has 1 aromatic rings. The molecule has 154 valence electrons. The van der Waals surface area contributed by atoms with Crippen molar-refractivity contribution in [2.24, 2.45) is 5.92 Å². The molecular formula is C16H22ClF3N2O4S. The Hall–Kier alpha value is -1.36. The zero-order valence-corrected chi connectivity index (χ0v) is 16.0. The molecule has 27 heavy (non-hydrogen) atoms. The summed E-state index contributed by atoms with van der Waals surface area (Å²) < 4.78 is 65.6. The Morgan fingerprint density at radius 2 is 1.96 bits per heavy atom. The lowest BCUT2D eigenvalue weighted by Crippen LogP contribution is -2.43. The van der Waals surface area contributed by atoms with Gasteiger partial charge in [-0.2, -0.15) is 13.2 Å². The summed E-state index contributed by atoms with van der Waals surface area (Å²) in [6.45, 7) is 0.550. The third-order valence-corrected chi connectivity index (χ3v) is 6.04. The van der Waals surface area contributed by atoms with Crippen molar-refractivity contribution >= 4 is 28.4 Å². The zero-order chi connectivity index (χ0) is 19.4. The van der Waals surface area contributed by atoms with Crippen LogP contribution in [-0.4, -0.2) is 50.0 Å². The molecule has 1 heterocycles. The van der Waals surface area contributed by atoms with Gasteiger partial charge >= 0.3 is 12.1 Å². The van der Waals surface area contributed by atoms with Crippen LogP contribution < -0.4 is 5.32 Å². The number of piperidine rings is 1. The number of rotatable bonds is 7. The molecule has 1 atom stereocenters. The first-order chi connectivity index (χ1) is 12.1. The summed E-state index contributed by atoms with van der Waals surface area (Å²) >= 11 is 0. The maximum Gasteiger partial charge on any atom is 0.416 e. The van der Waals surface area contributed by atoms with Crippen molar-refractivity contribution < 1.29 is 31.5 Å². The third kappa shape index (κ3) is 6.95. The maximum atomic E-state index is 13.1. The predicted molar refractivity (Wildman–Crippen MR) is 96.1 cm³/mol. The van der Waals surface area contributed by atoms with E-state index in [2.05, 4.69) is 5.32 Å². The molecule has 0 amide bonds. The molecule has 0 aliphatic carbocycles. The number of alkyl halides is 3. The van der Waals surface area contributed by atoms with Gasteiger partial charge in [0, 0.05) is 13.1 Å². The van der Waals surface area contributed by atoms with Gasteiger partial charge in [0.15, 0.2) is 0 Å². The highest BCUT2D eigenvalue weighted by Crippen LogP contribution is 2.33. The van der Waals surface area contributed by atoms with Crippen LogP contribution in [0.25, 0.3) is 0 Å². The van der Waals surface area contributed by atoms with Crippen LogP contribution in [0.3, 0.4) is 0 Å². The maximum absolute atomic E-state index is 13.1. The molecule has 1 unspecified atom stereocenters. The standard InChI is InChI=1S/C16H21F3N2O4S.ClH/c17-16(18,19)14-6-2-1-5-13(14)11-26(24,25)21-7-3-4-12(10-21)8-20-9-15(22)23;/h1-2,5-6,12,20H,3-4,7-11H2,(H,22,23);1H. The van der Waals surface area contributed by atoms with Crippen molar-refractivity contribution in [3.8, 4) is 0 Å². The monoisotopic (exact) mass is 430 g/mol. The van der Waals surface area contributed by atoms with E-state index in [9.17, 15) is 26.4 Å². The fourth-order valence-electron chi connectivity index (χ4n) is 3.04. The Morgan fingerprint density at radius 1 is 1.30 bits per heavy atom. The second-order valence-corrected chi connectivity index (χ2v) is 8.27. The number of carboxylic acid groups (broad SMARTS) is 1. The van der Waals surface area contributed by atoms with Crippen LogP contribution in [0.4, 0.5) is 13.2 Å². The highest BCUT2D eigenvalue weighted by molar-refractivity contribution is 7.88. The minimum Gasteiger partial charge on any atom is -0.480 e. The van der Waals surface area contributed by atoms with Crippen molar-refractivity contribution in [2.45, 2.75) is 24.8 Å². The van der Waals surface area contributed by atoms with Gasteiger partial charge < -0.3 is 10.4 Å². The average Bonchev–Trinajstić information content (AvgIpc) is 2.54. The summed E-state index contributed by atoms with van der Waals surface area (Å²) in [7, 11) is -3.90. The summed E-state index contributed by atoms with van der Waals surface area (Å²) in [5.74, 6) is -1.79. The third-order valence-electron chi connectivity index (χ3n) is 4.25. The molecule has 0 radical (unpaired) electrons.